The van der Waals surface area contributed by atoms with Crippen LogP contribution in [0.1, 0.15) is 20.8 Å². The summed E-state index contributed by atoms with van der Waals surface area (Å²) < 4.78 is 5.15. The zero-order valence-electron chi connectivity index (χ0n) is 10.1. The standard InChI is InChI=1S/C12H16N2O3/c1-12(2,3)17-11(16)14(8-13)9-4-6-10(15)7-5-9/h4-8,13,15H,1-3H3. The lowest BCUT2D eigenvalue weighted by Gasteiger charge is -2.24. The number of ether oxygens (including phenoxy) is 1. The van der Waals surface area contributed by atoms with Crippen LogP contribution in [0.3, 0.4) is 0 Å². The minimum atomic E-state index is -0.627. The number of hydrogen-bond acceptors (Lipinski definition) is 4. The molecule has 5 heteroatoms. The van der Waals surface area contributed by atoms with Gasteiger partial charge < -0.3 is 9.84 Å². The van der Waals surface area contributed by atoms with E-state index in [1.54, 1.807) is 20.8 Å². The van der Waals surface area contributed by atoms with E-state index in [9.17, 15) is 4.79 Å². The van der Waals surface area contributed by atoms with Crippen molar-refractivity contribution >= 4 is 18.1 Å². The topological polar surface area (TPSA) is 73.6 Å². The van der Waals surface area contributed by atoms with Gasteiger partial charge in [0.25, 0.3) is 0 Å². The fourth-order valence-corrected chi connectivity index (χ4v) is 1.16. The van der Waals surface area contributed by atoms with Gasteiger partial charge in [-0.05, 0) is 45.0 Å². The molecular weight excluding hydrogens is 220 g/mol. The zero-order chi connectivity index (χ0) is 13.1. The average Bonchev–Trinajstić information content (AvgIpc) is 2.19. The van der Waals surface area contributed by atoms with Crippen LogP contribution in [-0.2, 0) is 4.74 Å². The number of anilines is 1. The highest BCUT2D eigenvalue weighted by atomic mass is 16.6. The third-order valence-corrected chi connectivity index (χ3v) is 1.85. The number of hydrogen-bond donors (Lipinski definition) is 2. The Morgan fingerprint density at radius 3 is 2.29 bits per heavy atom. The first kappa shape index (κ1) is 13.0. The van der Waals surface area contributed by atoms with Crippen LogP contribution in [0.15, 0.2) is 24.3 Å². The van der Waals surface area contributed by atoms with Gasteiger partial charge in [-0.1, -0.05) is 0 Å². The third kappa shape index (κ3) is 3.79. The smallest absolute Gasteiger partial charge is 0.420 e. The largest absolute Gasteiger partial charge is 0.508 e. The Hall–Kier alpha value is -2.04. The Morgan fingerprint density at radius 1 is 1.35 bits per heavy atom. The summed E-state index contributed by atoms with van der Waals surface area (Å²) in [6.07, 6.45) is 0.249. The molecule has 0 aliphatic carbocycles. The maximum Gasteiger partial charge on any atom is 0.420 e. The summed E-state index contributed by atoms with van der Waals surface area (Å²) in [5, 5.41) is 16.4. The molecule has 0 saturated carbocycles. The number of phenolic OH excluding ortho intramolecular Hbond substituents is 1. The molecule has 0 fully saturated rings. The van der Waals surface area contributed by atoms with Gasteiger partial charge in [0, 0.05) is 0 Å². The Balaban J connectivity index is 2.88. The van der Waals surface area contributed by atoms with Crippen molar-refractivity contribution in [2.75, 3.05) is 4.90 Å². The molecule has 0 spiro atoms. The number of carbonyl (C=O) groups excluding carboxylic acids is 1. The van der Waals surface area contributed by atoms with Gasteiger partial charge in [0.2, 0.25) is 0 Å². The number of benzene rings is 1. The first-order chi connectivity index (χ1) is 7.83. The highest BCUT2D eigenvalue weighted by Crippen LogP contribution is 2.19. The predicted octanol–water partition coefficient (Wildman–Crippen LogP) is 2.74. The van der Waals surface area contributed by atoms with Crippen LogP contribution in [0.4, 0.5) is 10.5 Å². The first-order valence-electron chi connectivity index (χ1n) is 5.15. The van der Waals surface area contributed by atoms with Crippen LogP contribution in [-0.4, -0.2) is 23.1 Å². The van der Waals surface area contributed by atoms with Crippen LogP contribution in [0.5, 0.6) is 5.75 Å². The molecule has 0 bridgehead atoms. The van der Waals surface area contributed by atoms with E-state index < -0.39 is 11.7 Å². The lowest BCUT2D eigenvalue weighted by molar-refractivity contribution is 0.0605. The SMILES string of the molecule is CC(C)(C)OC(=O)N(C=N)c1ccc(O)cc1. The van der Waals surface area contributed by atoms with E-state index >= 15 is 0 Å². The maximum absolute atomic E-state index is 11.8. The highest BCUT2D eigenvalue weighted by molar-refractivity contribution is 6.04. The minimum absolute atomic E-state index is 0.0999. The summed E-state index contributed by atoms with van der Waals surface area (Å²) >= 11 is 0. The Bertz CT molecular complexity index is 407. The van der Waals surface area contributed by atoms with E-state index in [2.05, 4.69) is 0 Å². The lowest BCUT2D eigenvalue weighted by atomic mass is 10.2. The van der Waals surface area contributed by atoms with E-state index in [-0.39, 0.29) is 5.75 Å². The molecule has 92 valence electrons. The molecule has 1 rings (SSSR count). The number of amides is 1. The summed E-state index contributed by atoms with van der Waals surface area (Å²) in [6.45, 7) is 5.26. The van der Waals surface area contributed by atoms with Crippen molar-refractivity contribution in [3.63, 3.8) is 0 Å². The first-order valence-corrected chi connectivity index (χ1v) is 5.15. The molecule has 1 aromatic carbocycles. The minimum Gasteiger partial charge on any atom is -0.508 e. The monoisotopic (exact) mass is 236 g/mol. The number of aromatic hydroxyl groups is 1. The van der Waals surface area contributed by atoms with Crippen molar-refractivity contribution in [2.45, 2.75) is 26.4 Å². The molecule has 0 atom stereocenters. The molecule has 0 unspecified atom stereocenters. The van der Waals surface area contributed by atoms with Gasteiger partial charge in [0.1, 0.15) is 11.4 Å². The summed E-state index contributed by atoms with van der Waals surface area (Å²) in [5.74, 6) is 0.0999. The van der Waals surface area contributed by atoms with Gasteiger partial charge in [-0.2, -0.15) is 0 Å². The van der Waals surface area contributed by atoms with Gasteiger partial charge in [0.15, 0.2) is 0 Å². The molecule has 0 aliphatic rings. The third-order valence-electron chi connectivity index (χ3n) is 1.85. The number of phenols is 1. The molecular formula is C12H16N2O3. The van der Waals surface area contributed by atoms with Gasteiger partial charge >= 0.3 is 6.09 Å². The van der Waals surface area contributed by atoms with Gasteiger partial charge in [-0.25, -0.2) is 9.69 Å². The number of rotatable bonds is 2. The molecule has 0 radical (unpaired) electrons. The number of carbonyl (C=O) groups is 1. The lowest BCUT2D eigenvalue weighted by Crippen LogP contribution is -2.35. The van der Waals surface area contributed by atoms with E-state index in [1.807, 2.05) is 0 Å². The van der Waals surface area contributed by atoms with Crippen molar-refractivity contribution in [3.05, 3.63) is 24.3 Å². The number of nitrogens with one attached hydrogen (secondary N) is 1. The van der Waals surface area contributed by atoms with E-state index in [0.717, 1.165) is 11.2 Å². The van der Waals surface area contributed by atoms with Crippen molar-refractivity contribution in [2.24, 2.45) is 0 Å². The van der Waals surface area contributed by atoms with Crippen LogP contribution in [0.2, 0.25) is 0 Å². The molecule has 1 amide bonds. The van der Waals surface area contributed by atoms with Crippen LogP contribution >= 0.6 is 0 Å². The van der Waals surface area contributed by atoms with Crippen LogP contribution in [0.25, 0.3) is 0 Å². The average molecular weight is 236 g/mol. The van der Waals surface area contributed by atoms with Crippen molar-refractivity contribution in [3.8, 4) is 5.75 Å². The summed E-state index contributed by atoms with van der Waals surface area (Å²) in [5.41, 5.74) is -0.151. The fraction of sp³-hybridized carbons (Fsp3) is 0.333. The van der Waals surface area contributed by atoms with Gasteiger partial charge in [-0.3, -0.25) is 5.41 Å². The molecule has 2 N–H and O–H groups in total. The molecule has 0 aromatic heterocycles. The zero-order valence-corrected chi connectivity index (χ0v) is 10.1. The van der Waals surface area contributed by atoms with E-state index in [1.165, 1.54) is 24.3 Å². The quantitative estimate of drug-likeness (QED) is 0.612. The van der Waals surface area contributed by atoms with Crippen molar-refractivity contribution in [1.82, 2.24) is 0 Å². The molecule has 17 heavy (non-hydrogen) atoms. The van der Waals surface area contributed by atoms with Crippen LogP contribution in [0, 0.1) is 5.41 Å². The van der Waals surface area contributed by atoms with E-state index in [4.69, 9.17) is 15.3 Å². The summed E-state index contributed by atoms with van der Waals surface area (Å²) in [6, 6.07) is 5.95. The van der Waals surface area contributed by atoms with Crippen molar-refractivity contribution < 1.29 is 14.6 Å². The molecule has 1 aromatic rings. The predicted molar refractivity (Wildman–Crippen MR) is 65.6 cm³/mol. The maximum atomic E-state index is 11.8. The Labute approximate surface area is 100 Å². The molecule has 0 heterocycles. The number of nitrogens with zero attached hydrogens (tertiary/aromatic N) is 1. The molecule has 0 aliphatic heterocycles. The van der Waals surface area contributed by atoms with Gasteiger partial charge in [-0.15, -0.1) is 0 Å². The van der Waals surface area contributed by atoms with Crippen molar-refractivity contribution in [1.29, 1.82) is 5.41 Å². The van der Waals surface area contributed by atoms with Gasteiger partial charge in [0.05, 0.1) is 12.0 Å². The Morgan fingerprint density at radius 2 is 1.88 bits per heavy atom. The normalized spacial score (nSPS) is 10.8. The van der Waals surface area contributed by atoms with Crippen LogP contribution < -0.4 is 4.90 Å². The van der Waals surface area contributed by atoms with E-state index in [0.29, 0.717) is 5.69 Å². The molecule has 5 nitrogen and oxygen atoms in total. The molecule has 0 saturated heterocycles. The second-order valence-electron chi connectivity index (χ2n) is 4.50. The Kier molecular flexibility index (Phi) is 3.73. The highest BCUT2D eigenvalue weighted by Gasteiger charge is 2.21. The fourth-order valence-electron chi connectivity index (χ4n) is 1.16. The summed E-state index contributed by atoms with van der Waals surface area (Å²) in [4.78, 5) is 12.8. The summed E-state index contributed by atoms with van der Waals surface area (Å²) in [7, 11) is 0. The second-order valence-corrected chi connectivity index (χ2v) is 4.50. The second kappa shape index (κ2) is 4.86.